The lowest BCUT2D eigenvalue weighted by atomic mass is 9.93. The van der Waals surface area contributed by atoms with Crippen molar-refractivity contribution in [3.05, 3.63) is 45.2 Å². The second kappa shape index (κ2) is 9.39. The number of fused-ring (bicyclic) bond motifs is 3. The van der Waals surface area contributed by atoms with Gasteiger partial charge in [0.15, 0.2) is 5.13 Å². The van der Waals surface area contributed by atoms with E-state index in [1.807, 2.05) is 13.8 Å². The topological polar surface area (TPSA) is 90.7 Å². The monoisotopic (exact) mass is 468 g/mol. The van der Waals surface area contributed by atoms with Gasteiger partial charge < -0.3 is 13.9 Å². The predicted octanol–water partition coefficient (Wildman–Crippen LogP) is 5.61. The Hall–Kier alpha value is -3.13. The van der Waals surface area contributed by atoms with Gasteiger partial charge in [0, 0.05) is 34.6 Å². The summed E-state index contributed by atoms with van der Waals surface area (Å²) in [5.41, 5.74) is 5.22. The average Bonchev–Trinajstić information content (AvgIpc) is 3.34. The first-order valence-corrected chi connectivity index (χ1v) is 11.9. The first-order valence-electron chi connectivity index (χ1n) is 11.1. The number of hydrogen-bond acceptors (Lipinski definition) is 7. The number of nitrogens with zero attached hydrogens (tertiary/aromatic N) is 1. The quantitative estimate of drug-likeness (QED) is 0.373. The van der Waals surface area contributed by atoms with Crippen LogP contribution in [-0.2, 0) is 22.4 Å². The fourth-order valence-electron chi connectivity index (χ4n) is 4.34. The molecule has 1 N–H and O–H groups in total. The van der Waals surface area contributed by atoms with Crippen LogP contribution < -0.4 is 10.1 Å². The molecule has 0 saturated carbocycles. The summed E-state index contributed by atoms with van der Waals surface area (Å²) >= 11 is 1.10. The van der Waals surface area contributed by atoms with E-state index in [-0.39, 0.29) is 12.5 Å². The van der Waals surface area contributed by atoms with Gasteiger partial charge in [0.25, 0.3) is 0 Å². The number of aromatic nitrogens is 1. The standard InChI is InChI=1S/C25H28N2O5S/c1-6-31-24(29)23-15(4)26-25(33-23)27-20(28)11-13(2)17-12-18-16-9-7-8-10-19(16)32-22(18)14(3)21(17)30-5/h11-12H,6-10H2,1-5H3,(H,26,27,28)/b13-11+. The zero-order valence-corrected chi connectivity index (χ0v) is 20.4. The SMILES string of the molecule is CCOC(=O)c1sc(NC(=O)/C=C(\C)c2cc3c4c(oc3c(C)c2OC)CCCC4)nc1C. The molecular formula is C25H28N2O5S. The van der Waals surface area contributed by atoms with Crippen molar-refractivity contribution in [2.75, 3.05) is 19.0 Å². The highest BCUT2D eigenvalue weighted by Gasteiger charge is 2.23. The number of esters is 1. The lowest BCUT2D eigenvalue weighted by Gasteiger charge is -2.13. The van der Waals surface area contributed by atoms with Gasteiger partial charge in [-0.15, -0.1) is 0 Å². The Balaban J connectivity index is 1.64. The summed E-state index contributed by atoms with van der Waals surface area (Å²) in [7, 11) is 1.63. The molecule has 0 radical (unpaired) electrons. The number of thiazole rings is 1. The molecule has 0 bridgehead atoms. The Morgan fingerprint density at radius 1 is 1.27 bits per heavy atom. The van der Waals surface area contributed by atoms with E-state index in [2.05, 4.69) is 16.4 Å². The summed E-state index contributed by atoms with van der Waals surface area (Å²) in [5.74, 6) is 1.00. The second-order valence-electron chi connectivity index (χ2n) is 8.14. The van der Waals surface area contributed by atoms with Crippen molar-refractivity contribution >= 4 is 44.9 Å². The van der Waals surface area contributed by atoms with Crippen LogP contribution in [0.15, 0.2) is 16.6 Å². The summed E-state index contributed by atoms with van der Waals surface area (Å²) in [4.78, 5) is 29.4. The molecule has 33 heavy (non-hydrogen) atoms. The first kappa shape index (κ1) is 23.0. The van der Waals surface area contributed by atoms with Crippen LogP contribution in [0.4, 0.5) is 5.13 Å². The molecule has 3 aromatic rings. The predicted molar refractivity (Wildman–Crippen MR) is 129 cm³/mol. The van der Waals surface area contributed by atoms with Crippen LogP contribution >= 0.6 is 11.3 Å². The molecule has 2 aromatic heterocycles. The third-order valence-electron chi connectivity index (χ3n) is 5.89. The van der Waals surface area contributed by atoms with E-state index in [0.717, 1.165) is 70.4 Å². The van der Waals surface area contributed by atoms with Crippen LogP contribution in [-0.4, -0.2) is 30.6 Å². The van der Waals surface area contributed by atoms with E-state index in [0.29, 0.717) is 21.5 Å². The van der Waals surface area contributed by atoms with Crippen LogP contribution in [0.25, 0.3) is 16.5 Å². The maximum absolute atomic E-state index is 12.7. The van der Waals surface area contributed by atoms with Crippen molar-refractivity contribution in [3.8, 4) is 5.75 Å². The number of rotatable bonds is 6. The van der Waals surface area contributed by atoms with Gasteiger partial charge in [-0.3, -0.25) is 10.1 Å². The number of furan rings is 1. The Bertz CT molecular complexity index is 1270. The zero-order valence-electron chi connectivity index (χ0n) is 19.6. The molecule has 1 aliphatic rings. The number of carbonyl (C=O) groups is 2. The molecule has 0 aliphatic heterocycles. The van der Waals surface area contributed by atoms with Gasteiger partial charge in [-0.05, 0) is 58.6 Å². The molecule has 2 heterocycles. The molecule has 174 valence electrons. The van der Waals surface area contributed by atoms with Crippen molar-refractivity contribution in [3.63, 3.8) is 0 Å². The normalized spacial score (nSPS) is 13.7. The summed E-state index contributed by atoms with van der Waals surface area (Å²) in [6.07, 6.45) is 5.78. The third kappa shape index (κ3) is 4.39. The average molecular weight is 469 g/mol. The molecule has 4 rings (SSSR count). The van der Waals surface area contributed by atoms with E-state index < -0.39 is 5.97 Å². The summed E-state index contributed by atoms with van der Waals surface area (Å²) in [6, 6.07) is 2.07. The molecule has 1 amide bonds. The summed E-state index contributed by atoms with van der Waals surface area (Å²) < 4.78 is 16.9. The number of nitrogens with one attached hydrogen (secondary N) is 1. The lowest BCUT2D eigenvalue weighted by molar-refractivity contribution is -0.111. The minimum Gasteiger partial charge on any atom is -0.496 e. The Morgan fingerprint density at radius 2 is 2.03 bits per heavy atom. The van der Waals surface area contributed by atoms with Gasteiger partial charge in [0.2, 0.25) is 5.91 Å². The van der Waals surface area contributed by atoms with Crippen molar-refractivity contribution in [2.45, 2.75) is 53.4 Å². The highest BCUT2D eigenvalue weighted by Crippen LogP contribution is 2.41. The van der Waals surface area contributed by atoms with Crippen molar-refractivity contribution in [2.24, 2.45) is 0 Å². The fraction of sp³-hybridized carbons (Fsp3) is 0.400. The molecule has 7 nitrogen and oxygen atoms in total. The van der Waals surface area contributed by atoms with Gasteiger partial charge in [0.05, 0.1) is 19.4 Å². The second-order valence-corrected chi connectivity index (χ2v) is 9.14. The van der Waals surface area contributed by atoms with Crippen molar-refractivity contribution in [1.82, 2.24) is 4.98 Å². The molecular weight excluding hydrogens is 440 g/mol. The van der Waals surface area contributed by atoms with Gasteiger partial charge in [-0.25, -0.2) is 9.78 Å². The van der Waals surface area contributed by atoms with Crippen molar-refractivity contribution in [1.29, 1.82) is 0 Å². The summed E-state index contributed by atoms with van der Waals surface area (Å²) in [5, 5.41) is 4.21. The van der Waals surface area contributed by atoms with Crippen LogP contribution in [0.5, 0.6) is 5.75 Å². The largest absolute Gasteiger partial charge is 0.496 e. The number of aryl methyl sites for hydroxylation is 4. The maximum Gasteiger partial charge on any atom is 0.350 e. The van der Waals surface area contributed by atoms with Crippen molar-refractivity contribution < 1.29 is 23.5 Å². The highest BCUT2D eigenvalue weighted by molar-refractivity contribution is 7.17. The number of anilines is 1. The Morgan fingerprint density at radius 3 is 2.76 bits per heavy atom. The van der Waals surface area contributed by atoms with E-state index >= 15 is 0 Å². The van der Waals surface area contributed by atoms with Crippen LogP contribution in [0.2, 0.25) is 0 Å². The van der Waals surface area contributed by atoms with E-state index in [1.165, 1.54) is 11.6 Å². The van der Waals surface area contributed by atoms with Gasteiger partial charge in [-0.1, -0.05) is 11.3 Å². The minimum atomic E-state index is -0.434. The highest BCUT2D eigenvalue weighted by atomic mass is 32.1. The molecule has 0 spiro atoms. The maximum atomic E-state index is 12.7. The van der Waals surface area contributed by atoms with Gasteiger partial charge >= 0.3 is 5.97 Å². The van der Waals surface area contributed by atoms with Crippen LogP contribution in [0.3, 0.4) is 0 Å². The molecule has 0 fully saturated rings. The minimum absolute atomic E-state index is 0.283. The fourth-order valence-corrected chi connectivity index (χ4v) is 5.21. The number of methoxy groups -OCH3 is 1. The number of ether oxygens (including phenoxy) is 2. The number of hydrogen-bond donors (Lipinski definition) is 1. The molecule has 0 unspecified atom stereocenters. The molecule has 1 aliphatic carbocycles. The number of carbonyl (C=O) groups excluding carboxylic acids is 2. The van der Waals surface area contributed by atoms with Crippen LogP contribution in [0, 0.1) is 13.8 Å². The Labute approximate surface area is 196 Å². The third-order valence-corrected chi connectivity index (χ3v) is 6.94. The molecule has 0 atom stereocenters. The van der Waals surface area contributed by atoms with E-state index in [4.69, 9.17) is 13.9 Å². The van der Waals surface area contributed by atoms with Crippen LogP contribution in [0.1, 0.15) is 64.5 Å². The first-order chi connectivity index (χ1) is 15.8. The molecule has 8 heteroatoms. The number of allylic oxidation sites excluding steroid dienone is 1. The lowest BCUT2D eigenvalue weighted by Crippen LogP contribution is -2.08. The summed E-state index contributed by atoms with van der Waals surface area (Å²) in [6.45, 7) is 7.62. The molecule has 0 saturated heterocycles. The van der Waals surface area contributed by atoms with E-state index in [1.54, 1.807) is 21.0 Å². The number of amides is 1. The smallest absolute Gasteiger partial charge is 0.350 e. The van der Waals surface area contributed by atoms with E-state index in [9.17, 15) is 9.59 Å². The van der Waals surface area contributed by atoms with Gasteiger partial charge in [0.1, 0.15) is 22.0 Å². The van der Waals surface area contributed by atoms with Gasteiger partial charge in [-0.2, -0.15) is 0 Å². The molecule has 1 aromatic carbocycles. The Kier molecular flexibility index (Phi) is 6.56. The zero-order chi connectivity index (χ0) is 23.7. The number of benzene rings is 1.